The lowest BCUT2D eigenvalue weighted by Gasteiger charge is -2.03. The minimum Gasteiger partial charge on any atom is -0.497 e. The fourth-order valence-electron chi connectivity index (χ4n) is 1.98. The minimum absolute atomic E-state index is 0.493. The predicted octanol–water partition coefficient (Wildman–Crippen LogP) is 3.61. The van der Waals surface area contributed by atoms with Crippen molar-refractivity contribution >= 4 is 6.09 Å². The van der Waals surface area contributed by atoms with Gasteiger partial charge in [-0.25, -0.2) is 14.3 Å². The van der Waals surface area contributed by atoms with Gasteiger partial charge in [-0.05, 0) is 36.4 Å². The Balaban J connectivity index is 1.76. The molecular weight excluding hydrogens is 280 g/mol. The molecule has 0 fully saturated rings. The molecule has 0 amide bonds. The molecule has 0 N–H and O–H groups in total. The molecule has 3 rings (SSSR count). The number of hydrogen-bond donors (Lipinski definition) is 0. The summed E-state index contributed by atoms with van der Waals surface area (Å²) in [5.74, 6) is 1.26. The highest BCUT2D eigenvalue weighted by atomic mass is 16.6. The molecule has 5 nitrogen and oxygen atoms in total. The molecular formula is C17H14N2O3. The maximum atomic E-state index is 12.0. The molecule has 0 aliphatic heterocycles. The third-order valence-corrected chi connectivity index (χ3v) is 3.13. The molecule has 0 unspecified atom stereocenters. The van der Waals surface area contributed by atoms with E-state index in [1.54, 1.807) is 37.6 Å². The van der Waals surface area contributed by atoms with E-state index in [0.717, 1.165) is 11.3 Å². The van der Waals surface area contributed by atoms with E-state index >= 15 is 0 Å². The Bertz CT molecular complexity index is 764. The van der Waals surface area contributed by atoms with Crippen LogP contribution in [0.15, 0.2) is 67.1 Å². The summed E-state index contributed by atoms with van der Waals surface area (Å²) < 4.78 is 11.7. The molecule has 110 valence electrons. The Morgan fingerprint density at radius 3 is 2.41 bits per heavy atom. The van der Waals surface area contributed by atoms with Gasteiger partial charge in [-0.1, -0.05) is 18.2 Å². The average molecular weight is 294 g/mol. The first-order chi connectivity index (χ1) is 10.8. The molecule has 0 bridgehead atoms. The van der Waals surface area contributed by atoms with Crippen molar-refractivity contribution in [1.29, 1.82) is 0 Å². The van der Waals surface area contributed by atoms with Crippen molar-refractivity contribution in [3.8, 4) is 22.8 Å². The highest BCUT2D eigenvalue weighted by Crippen LogP contribution is 2.20. The van der Waals surface area contributed by atoms with E-state index in [-0.39, 0.29) is 0 Å². The summed E-state index contributed by atoms with van der Waals surface area (Å²) in [5.41, 5.74) is 1.58. The molecule has 0 radical (unpaired) electrons. The zero-order chi connectivity index (χ0) is 15.4. The first kappa shape index (κ1) is 13.9. The number of imidazole rings is 1. The number of ether oxygens (including phenoxy) is 2. The van der Waals surface area contributed by atoms with Crippen LogP contribution in [0, 0.1) is 0 Å². The van der Waals surface area contributed by atoms with E-state index in [2.05, 4.69) is 4.98 Å². The standard InChI is InChI=1S/C17H14N2O3/c1-21-14-9-7-13(8-10-14)16-11-19(12-18-16)17(20)22-15-5-3-2-4-6-15/h2-12H,1H3. The van der Waals surface area contributed by atoms with Crippen molar-refractivity contribution in [3.63, 3.8) is 0 Å². The van der Waals surface area contributed by atoms with Crippen LogP contribution in [0.2, 0.25) is 0 Å². The Morgan fingerprint density at radius 1 is 1.00 bits per heavy atom. The van der Waals surface area contributed by atoms with Crippen LogP contribution in [0.25, 0.3) is 11.3 Å². The van der Waals surface area contributed by atoms with Gasteiger partial charge in [-0.2, -0.15) is 0 Å². The van der Waals surface area contributed by atoms with Gasteiger partial charge in [-0.15, -0.1) is 0 Å². The van der Waals surface area contributed by atoms with E-state index in [1.807, 2.05) is 30.3 Å². The second-order valence-electron chi connectivity index (χ2n) is 4.58. The van der Waals surface area contributed by atoms with Crippen molar-refractivity contribution in [1.82, 2.24) is 9.55 Å². The second kappa shape index (κ2) is 6.13. The number of nitrogens with zero attached hydrogens (tertiary/aromatic N) is 2. The maximum Gasteiger partial charge on any atom is 0.424 e. The zero-order valence-corrected chi connectivity index (χ0v) is 12.0. The number of carbonyl (C=O) groups excluding carboxylic acids is 1. The summed E-state index contributed by atoms with van der Waals surface area (Å²) in [5, 5.41) is 0. The smallest absolute Gasteiger partial charge is 0.424 e. The third-order valence-electron chi connectivity index (χ3n) is 3.13. The lowest BCUT2D eigenvalue weighted by atomic mass is 10.2. The van der Waals surface area contributed by atoms with E-state index in [9.17, 15) is 4.79 Å². The van der Waals surface area contributed by atoms with Crippen molar-refractivity contribution < 1.29 is 14.3 Å². The van der Waals surface area contributed by atoms with Gasteiger partial charge >= 0.3 is 6.09 Å². The van der Waals surface area contributed by atoms with Crippen LogP contribution in [0.1, 0.15) is 0 Å². The van der Waals surface area contributed by atoms with Crippen LogP contribution >= 0.6 is 0 Å². The monoisotopic (exact) mass is 294 g/mol. The summed E-state index contributed by atoms with van der Waals surface area (Å²) in [7, 11) is 1.61. The number of rotatable bonds is 3. The zero-order valence-electron chi connectivity index (χ0n) is 12.0. The van der Waals surface area contributed by atoms with E-state index in [0.29, 0.717) is 11.4 Å². The highest BCUT2D eigenvalue weighted by Gasteiger charge is 2.10. The van der Waals surface area contributed by atoms with Gasteiger partial charge in [-0.3, -0.25) is 0 Å². The van der Waals surface area contributed by atoms with Crippen LogP contribution < -0.4 is 9.47 Å². The summed E-state index contributed by atoms with van der Waals surface area (Å²) in [6.07, 6.45) is 2.57. The molecule has 0 aliphatic rings. The maximum absolute atomic E-state index is 12.0. The first-order valence-corrected chi connectivity index (χ1v) is 6.72. The number of hydrogen-bond acceptors (Lipinski definition) is 4. The predicted molar refractivity (Wildman–Crippen MR) is 82.1 cm³/mol. The van der Waals surface area contributed by atoms with Crippen molar-refractivity contribution in [2.45, 2.75) is 0 Å². The van der Waals surface area contributed by atoms with Gasteiger partial charge in [0.2, 0.25) is 0 Å². The summed E-state index contributed by atoms with van der Waals surface area (Å²) in [4.78, 5) is 16.3. The normalized spacial score (nSPS) is 10.2. The van der Waals surface area contributed by atoms with Crippen LogP contribution in [-0.4, -0.2) is 22.8 Å². The lowest BCUT2D eigenvalue weighted by molar-refractivity contribution is 0.202. The first-order valence-electron chi connectivity index (χ1n) is 6.72. The van der Waals surface area contributed by atoms with E-state index < -0.39 is 6.09 Å². The fraction of sp³-hybridized carbons (Fsp3) is 0.0588. The second-order valence-corrected chi connectivity index (χ2v) is 4.58. The molecule has 0 saturated heterocycles. The molecule has 1 aromatic heterocycles. The van der Waals surface area contributed by atoms with Gasteiger partial charge in [0.15, 0.2) is 0 Å². The number of aromatic nitrogens is 2. The number of para-hydroxylation sites is 1. The SMILES string of the molecule is COc1ccc(-c2cn(C(=O)Oc3ccccc3)cn2)cc1. The Morgan fingerprint density at radius 2 is 1.73 bits per heavy atom. The molecule has 22 heavy (non-hydrogen) atoms. The van der Waals surface area contributed by atoms with Crippen LogP contribution in [0.3, 0.4) is 0 Å². The minimum atomic E-state index is -0.501. The van der Waals surface area contributed by atoms with Gasteiger partial charge < -0.3 is 9.47 Å². The number of benzene rings is 2. The van der Waals surface area contributed by atoms with Crippen LogP contribution in [0.4, 0.5) is 4.79 Å². The van der Waals surface area contributed by atoms with Crippen molar-refractivity contribution in [2.75, 3.05) is 7.11 Å². The molecule has 0 aliphatic carbocycles. The third kappa shape index (κ3) is 2.98. The Labute approximate surface area is 127 Å². The van der Waals surface area contributed by atoms with Crippen molar-refractivity contribution in [2.24, 2.45) is 0 Å². The summed E-state index contributed by atoms with van der Waals surface area (Å²) >= 11 is 0. The summed E-state index contributed by atoms with van der Waals surface area (Å²) in [6, 6.07) is 16.4. The van der Waals surface area contributed by atoms with Crippen LogP contribution in [0.5, 0.6) is 11.5 Å². The van der Waals surface area contributed by atoms with Gasteiger partial charge in [0.1, 0.15) is 17.8 Å². The van der Waals surface area contributed by atoms with E-state index in [4.69, 9.17) is 9.47 Å². The van der Waals surface area contributed by atoms with Crippen molar-refractivity contribution in [3.05, 3.63) is 67.1 Å². The molecule has 2 aromatic carbocycles. The average Bonchev–Trinajstić information content (AvgIpc) is 3.06. The Kier molecular flexibility index (Phi) is 3.87. The molecule has 0 atom stereocenters. The Hall–Kier alpha value is -3.08. The quantitative estimate of drug-likeness (QED) is 0.740. The van der Waals surface area contributed by atoms with Gasteiger partial charge in [0.25, 0.3) is 0 Å². The molecule has 0 spiro atoms. The molecule has 3 aromatic rings. The topological polar surface area (TPSA) is 53.4 Å². The van der Waals surface area contributed by atoms with Crippen LogP contribution in [-0.2, 0) is 0 Å². The number of methoxy groups -OCH3 is 1. The lowest BCUT2D eigenvalue weighted by Crippen LogP contribution is -2.14. The van der Waals surface area contributed by atoms with Gasteiger partial charge in [0.05, 0.1) is 12.8 Å². The fourth-order valence-corrected chi connectivity index (χ4v) is 1.98. The molecule has 0 saturated carbocycles. The number of carbonyl (C=O) groups is 1. The molecule has 1 heterocycles. The highest BCUT2D eigenvalue weighted by molar-refractivity contribution is 5.74. The molecule has 5 heteroatoms. The van der Waals surface area contributed by atoms with E-state index in [1.165, 1.54) is 10.9 Å². The summed E-state index contributed by atoms with van der Waals surface area (Å²) in [6.45, 7) is 0. The largest absolute Gasteiger partial charge is 0.497 e. The van der Waals surface area contributed by atoms with Gasteiger partial charge in [0, 0.05) is 11.8 Å².